The zero-order chi connectivity index (χ0) is 59.0. The van der Waals surface area contributed by atoms with Gasteiger partial charge in [-0.05, 0) is 160 Å². The second-order valence-electron chi connectivity index (χ2n) is 23.7. The van der Waals surface area contributed by atoms with Crippen molar-refractivity contribution in [1.29, 1.82) is 0 Å². The smallest absolute Gasteiger partial charge is 0.162 e. The van der Waals surface area contributed by atoms with Gasteiger partial charge in [0.2, 0.25) is 0 Å². The van der Waals surface area contributed by atoms with E-state index in [0.717, 1.165) is 99.6 Å². The molecule has 0 aliphatic heterocycles. The summed E-state index contributed by atoms with van der Waals surface area (Å²) in [5.41, 5.74) is 21.4. The summed E-state index contributed by atoms with van der Waals surface area (Å²) in [6.45, 7) is 0. The fourth-order valence-electron chi connectivity index (χ4n) is 14.6. The molecule has 0 aliphatic carbocycles. The first-order valence-electron chi connectivity index (χ1n) is 30.8. The van der Waals surface area contributed by atoms with E-state index in [-0.39, 0.29) is 0 Å². The molecule has 0 bridgehead atoms. The number of benzene rings is 14. The fourth-order valence-corrected chi connectivity index (χ4v) is 14.6. The van der Waals surface area contributed by atoms with E-state index in [9.17, 15) is 0 Å². The third-order valence-electron chi connectivity index (χ3n) is 18.7. The summed E-state index contributed by atoms with van der Waals surface area (Å²) >= 11 is 0. The Hall–Kier alpha value is -12.1. The van der Waals surface area contributed by atoms with Crippen LogP contribution in [-0.2, 0) is 0 Å². The molecule has 6 heteroatoms. The van der Waals surface area contributed by atoms with Crippen LogP contribution >= 0.6 is 0 Å². The van der Waals surface area contributed by atoms with Crippen LogP contribution in [0.25, 0.3) is 177 Å². The van der Waals surface area contributed by atoms with Crippen molar-refractivity contribution in [2.24, 2.45) is 0 Å². The summed E-state index contributed by atoms with van der Waals surface area (Å²) in [4.78, 5) is 11.2. The number of rotatable bonds is 8. The number of para-hydroxylation sites is 6. The van der Waals surface area contributed by atoms with Gasteiger partial charge >= 0.3 is 0 Å². The highest BCUT2D eigenvalue weighted by Crippen LogP contribution is 2.43. The van der Waals surface area contributed by atoms with Crippen LogP contribution < -0.4 is 0 Å². The number of hydrogen-bond donors (Lipinski definition) is 0. The van der Waals surface area contributed by atoms with Gasteiger partial charge in [0.05, 0.1) is 49.7 Å². The monoisotopic (exact) mass is 1140 g/mol. The van der Waals surface area contributed by atoms with Crippen LogP contribution in [0.3, 0.4) is 0 Å². The maximum absolute atomic E-state index is 5.67. The summed E-state index contributed by atoms with van der Waals surface area (Å²) in [5, 5.41) is 12.9. The number of hydrogen-bond acceptors (Lipinski definition) is 2. The van der Waals surface area contributed by atoms with E-state index >= 15 is 0 Å². The molecule has 0 amide bonds. The molecule has 0 atom stereocenters. The molecule has 6 nitrogen and oxygen atoms in total. The minimum absolute atomic E-state index is 0.664. The average Bonchev–Trinajstić information content (AvgIpc) is 1.75. The third-order valence-corrected chi connectivity index (χ3v) is 18.7. The van der Waals surface area contributed by atoms with Gasteiger partial charge in [0.15, 0.2) is 5.82 Å². The van der Waals surface area contributed by atoms with Crippen molar-refractivity contribution in [3.8, 4) is 67.6 Å². The van der Waals surface area contributed by atoms with Crippen LogP contribution in [0.5, 0.6) is 0 Å². The highest BCUT2D eigenvalue weighted by atomic mass is 15.1. The first-order chi connectivity index (χ1) is 44.6. The molecule has 19 aromatic rings. The van der Waals surface area contributed by atoms with Gasteiger partial charge in [-0.1, -0.05) is 194 Å². The van der Waals surface area contributed by atoms with Crippen molar-refractivity contribution in [1.82, 2.24) is 28.2 Å². The molecule has 0 N–H and O–H groups in total. The summed E-state index contributed by atoms with van der Waals surface area (Å²) in [6.07, 6.45) is 0. The van der Waals surface area contributed by atoms with Crippen LogP contribution in [0.15, 0.2) is 315 Å². The molecular weight excluding hydrogens is 1090 g/mol. The Bertz CT molecular complexity index is 6160. The molecule has 418 valence electrons. The van der Waals surface area contributed by atoms with Gasteiger partial charge in [-0.2, -0.15) is 0 Å². The predicted octanol–water partition coefficient (Wildman–Crippen LogP) is 21.8. The lowest BCUT2D eigenvalue weighted by Crippen LogP contribution is -2.03. The van der Waals surface area contributed by atoms with Crippen molar-refractivity contribution in [2.75, 3.05) is 0 Å². The average molecular weight is 1150 g/mol. The maximum Gasteiger partial charge on any atom is 0.162 e. The zero-order valence-electron chi connectivity index (χ0n) is 48.7. The van der Waals surface area contributed by atoms with Crippen LogP contribution in [0.4, 0.5) is 0 Å². The minimum atomic E-state index is 0.664. The second kappa shape index (κ2) is 19.7. The van der Waals surface area contributed by atoms with Crippen LogP contribution in [0.2, 0.25) is 0 Å². The molecule has 0 fully saturated rings. The van der Waals surface area contributed by atoms with Gasteiger partial charge in [0, 0.05) is 76.5 Å². The first kappa shape index (κ1) is 50.1. The summed E-state index contributed by atoms with van der Waals surface area (Å²) in [5.74, 6) is 1.50. The van der Waals surface area contributed by atoms with Gasteiger partial charge in [0.25, 0.3) is 0 Å². The van der Waals surface area contributed by atoms with Gasteiger partial charge < -0.3 is 13.7 Å². The molecule has 0 aliphatic rings. The molecule has 19 rings (SSSR count). The topological polar surface area (TPSA) is 45.5 Å². The predicted molar refractivity (Wildman–Crippen MR) is 376 cm³/mol. The molecule has 0 spiro atoms. The quantitative estimate of drug-likeness (QED) is 0.142. The first-order valence-corrected chi connectivity index (χ1v) is 30.8. The van der Waals surface area contributed by atoms with Crippen molar-refractivity contribution < 1.29 is 0 Å². The Morgan fingerprint density at radius 2 is 0.544 bits per heavy atom. The van der Waals surface area contributed by atoms with Crippen molar-refractivity contribution >= 4 is 109 Å². The van der Waals surface area contributed by atoms with Crippen molar-refractivity contribution in [3.05, 3.63) is 315 Å². The van der Waals surface area contributed by atoms with E-state index in [1.807, 2.05) is 0 Å². The Labute approximate surface area is 517 Å². The molecule has 90 heavy (non-hydrogen) atoms. The normalized spacial score (nSPS) is 12.0. The van der Waals surface area contributed by atoms with E-state index in [1.165, 1.54) is 71.1 Å². The summed E-state index contributed by atoms with van der Waals surface area (Å²) in [7, 11) is 0. The third kappa shape index (κ3) is 7.65. The highest BCUT2D eigenvalue weighted by Gasteiger charge is 2.22. The Morgan fingerprint density at radius 1 is 0.189 bits per heavy atom. The molecular formula is C84H52N6. The van der Waals surface area contributed by atoms with Crippen molar-refractivity contribution in [3.63, 3.8) is 0 Å². The molecule has 14 aromatic carbocycles. The number of nitrogens with zero attached hydrogens (tertiary/aromatic N) is 6. The molecule has 0 saturated carbocycles. The Kier molecular flexibility index (Phi) is 11.0. The SMILES string of the molecule is c1ccc(-n2c3ccccc3c3cc(-c4ccc5c(c4)c4ccccc4n5-c4cccc(-c5cccc(-c6nc(-n7c8ccccc8c8cc(-c9ccc%10c(c9)c9ccccc9n%10-c9ccccc9)ccc87)c7ccc8ccccc8c7n6)c5)c4)ccc32)cc1. The van der Waals surface area contributed by atoms with E-state index in [0.29, 0.717) is 5.82 Å². The summed E-state index contributed by atoms with van der Waals surface area (Å²) < 4.78 is 9.53. The zero-order valence-corrected chi connectivity index (χ0v) is 48.7. The Balaban J connectivity index is 0.719. The largest absolute Gasteiger partial charge is 0.309 e. The summed E-state index contributed by atoms with van der Waals surface area (Å²) in [6, 6.07) is 115. The van der Waals surface area contributed by atoms with E-state index < -0.39 is 0 Å². The van der Waals surface area contributed by atoms with Gasteiger partial charge in [0.1, 0.15) is 5.82 Å². The maximum atomic E-state index is 5.67. The van der Waals surface area contributed by atoms with Crippen molar-refractivity contribution in [2.45, 2.75) is 0 Å². The van der Waals surface area contributed by atoms with Crippen LogP contribution in [-0.4, -0.2) is 28.2 Å². The molecule has 5 aromatic heterocycles. The number of fused-ring (bicyclic) bond motifs is 15. The van der Waals surface area contributed by atoms with Gasteiger partial charge in [-0.3, -0.25) is 4.57 Å². The molecule has 0 radical (unpaired) electrons. The lowest BCUT2D eigenvalue weighted by atomic mass is 10.0. The standard InChI is InChI=1S/C84H52N6/c1-3-23-61(24-4-1)87-74-33-13-9-29-65(74)70-49-56(38-43-78(70)87)58-40-45-80-72(51-58)67-31-11-15-35-76(67)89(80)63-27-18-21-55(48-63)54-20-17-22-60(47-54)83-85-82-64-28-8-7-19-53(64)37-42-69(82)84(86-83)90-77-36-16-12-32-68(77)73-52-59(41-46-81(73)90)57-39-44-79-71(50-57)66-30-10-14-34-75(66)88(79)62-25-5-2-6-26-62/h1-52H. The fraction of sp³-hybridized carbons (Fsp3) is 0. The van der Waals surface area contributed by atoms with E-state index in [2.05, 4.69) is 334 Å². The van der Waals surface area contributed by atoms with Gasteiger partial charge in [-0.25, -0.2) is 9.97 Å². The second-order valence-corrected chi connectivity index (χ2v) is 23.7. The number of aromatic nitrogens is 6. The van der Waals surface area contributed by atoms with Crippen LogP contribution in [0.1, 0.15) is 0 Å². The van der Waals surface area contributed by atoms with E-state index in [1.54, 1.807) is 0 Å². The minimum Gasteiger partial charge on any atom is -0.309 e. The molecule has 0 unspecified atom stereocenters. The van der Waals surface area contributed by atoms with Crippen LogP contribution in [0, 0.1) is 0 Å². The molecule has 0 saturated heterocycles. The van der Waals surface area contributed by atoms with Gasteiger partial charge in [-0.15, -0.1) is 0 Å². The highest BCUT2D eigenvalue weighted by molar-refractivity contribution is 6.16. The lowest BCUT2D eigenvalue weighted by Gasteiger charge is -2.15. The lowest BCUT2D eigenvalue weighted by molar-refractivity contribution is 1.08. The molecule has 5 heterocycles. The van der Waals surface area contributed by atoms with E-state index in [4.69, 9.17) is 9.97 Å². The Morgan fingerprint density at radius 3 is 1.04 bits per heavy atom.